The van der Waals surface area contributed by atoms with E-state index in [0.29, 0.717) is 19.7 Å². The van der Waals surface area contributed by atoms with E-state index in [2.05, 4.69) is 21.2 Å². The predicted octanol–water partition coefficient (Wildman–Crippen LogP) is 4.06. The molecule has 1 atom stereocenters. The number of benzene rings is 2. The van der Waals surface area contributed by atoms with Crippen molar-refractivity contribution in [2.75, 3.05) is 6.54 Å². The third kappa shape index (κ3) is 6.87. The Labute approximate surface area is 150 Å². The Bertz CT molecular complexity index is 608. The average Bonchev–Trinajstić information content (AvgIpc) is 2.48. The van der Waals surface area contributed by atoms with Crippen molar-refractivity contribution in [1.29, 1.82) is 0 Å². The van der Waals surface area contributed by atoms with Crippen LogP contribution in [0, 0.1) is 5.82 Å². The Morgan fingerprint density at radius 3 is 2.57 bits per heavy atom. The molecule has 0 aliphatic heterocycles. The summed E-state index contributed by atoms with van der Waals surface area (Å²) in [6, 6.07) is 12.1. The molecule has 0 heterocycles. The zero-order chi connectivity index (χ0) is 15.9. The highest BCUT2D eigenvalue weighted by atomic mass is 79.9. The third-order valence-corrected chi connectivity index (χ3v) is 3.58. The van der Waals surface area contributed by atoms with E-state index in [1.165, 1.54) is 12.1 Å². The van der Waals surface area contributed by atoms with E-state index in [-0.39, 0.29) is 18.2 Å². The first kappa shape index (κ1) is 19.9. The van der Waals surface area contributed by atoms with E-state index in [0.717, 1.165) is 21.3 Å². The van der Waals surface area contributed by atoms with Crippen molar-refractivity contribution in [2.24, 2.45) is 0 Å². The van der Waals surface area contributed by atoms with Crippen molar-refractivity contribution >= 4 is 28.3 Å². The summed E-state index contributed by atoms with van der Waals surface area (Å²) in [6.45, 7) is 3.23. The molecule has 6 heteroatoms. The second kappa shape index (κ2) is 9.88. The van der Waals surface area contributed by atoms with Gasteiger partial charge in [-0.25, -0.2) is 4.39 Å². The van der Waals surface area contributed by atoms with Crippen molar-refractivity contribution in [1.82, 2.24) is 5.32 Å². The number of aliphatic hydroxyl groups excluding tert-OH is 1. The lowest BCUT2D eigenvalue weighted by Crippen LogP contribution is -2.24. The number of halogens is 3. The predicted molar refractivity (Wildman–Crippen MR) is 95.5 cm³/mol. The van der Waals surface area contributed by atoms with E-state index in [4.69, 9.17) is 4.74 Å². The van der Waals surface area contributed by atoms with Gasteiger partial charge < -0.3 is 15.2 Å². The van der Waals surface area contributed by atoms with E-state index < -0.39 is 6.10 Å². The number of aliphatic hydroxyl groups is 1. The highest BCUT2D eigenvalue weighted by molar-refractivity contribution is 9.10. The standard InChI is InChI=1S/C17H19BrFNO2.ClH/c1-12(21)9-20-10-14-8-15(18)4-7-17(14)22-11-13-2-5-16(19)6-3-13;/h2-8,12,20-21H,9-11H2,1H3;1H. The number of ether oxygens (including phenoxy) is 1. The Hall–Kier alpha value is -1.14. The number of nitrogens with one attached hydrogen (secondary N) is 1. The molecule has 0 aliphatic carbocycles. The van der Waals surface area contributed by atoms with E-state index >= 15 is 0 Å². The van der Waals surface area contributed by atoms with Gasteiger partial charge >= 0.3 is 0 Å². The van der Waals surface area contributed by atoms with E-state index in [9.17, 15) is 9.50 Å². The fraction of sp³-hybridized carbons (Fsp3) is 0.294. The van der Waals surface area contributed by atoms with Gasteiger partial charge in [0, 0.05) is 23.1 Å². The van der Waals surface area contributed by atoms with Crippen LogP contribution in [0.2, 0.25) is 0 Å². The van der Waals surface area contributed by atoms with Crippen LogP contribution in [-0.4, -0.2) is 17.8 Å². The van der Waals surface area contributed by atoms with Crippen LogP contribution in [0.5, 0.6) is 5.75 Å². The molecule has 0 saturated heterocycles. The highest BCUT2D eigenvalue weighted by Gasteiger charge is 2.06. The molecule has 0 saturated carbocycles. The van der Waals surface area contributed by atoms with Crippen molar-refractivity contribution in [2.45, 2.75) is 26.2 Å². The first-order chi connectivity index (χ1) is 10.5. The molecular formula is C17H20BrClFNO2. The molecule has 0 fully saturated rings. The second-order valence-electron chi connectivity index (χ2n) is 5.15. The first-order valence-corrected chi connectivity index (χ1v) is 7.88. The maximum Gasteiger partial charge on any atom is 0.124 e. The summed E-state index contributed by atoms with van der Waals surface area (Å²) in [5, 5.41) is 12.5. The van der Waals surface area contributed by atoms with Gasteiger partial charge in [0.1, 0.15) is 18.2 Å². The number of rotatable bonds is 7. The number of hydrogen-bond donors (Lipinski definition) is 2. The van der Waals surface area contributed by atoms with Crippen LogP contribution in [0.1, 0.15) is 18.1 Å². The largest absolute Gasteiger partial charge is 0.489 e. The molecule has 0 aliphatic rings. The smallest absolute Gasteiger partial charge is 0.124 e. The minimum absolute atomic E-state index is 0. The van der Waals surface area contributed by atoms with Gasteiger partial charge in [-0.2, -0.15) is 0 Å². The molecule has 1 unspecified atom stereocenters. The third-order valence-electron chi connectivity index (χ3n) is 3.09. The van der Waals surface area contributed by atoms with Gasteiger partial charge in [-0.1, -0.05) is 28.1 Å². The Kier molecular flexibility index (Phi) is 8.55. The highest BCUT2D eigenvalue weighted by Crippen LogP contribution is 2.24. The zero-order valence-corrected chi connectivity index (χ0v) is 15.2. The zero-order valence-electron chi connectivity index (χ0n) is 12.8. The molecule has 0 radical (unpaired) electrons. The molecule has 2 aromatic rings. The average molecular weight is 405 g/mol. The van der Waals surface area contributed by atoms with Crippen LogP contribution < -0.4 is 10.1 Å². The lowest BCUT2D eigenvalue weighted by atomic mass is 10.2. The van der Waals surface area contributed by atoms with Gasteiger partial charge in [-0.15, -0.1) is 12.4 Å². The summed E-state index contributed by atoms with van der Waals surface area (Å²) in [5.41, 5.74) is 1.91. The van der Waals surface area contributed by atoms with E-state index in [1.807, 2.05) is 18.2 Å². The molecule has 2 aromatic carbocycles. The van der Waals surface area contributed by atoms with Crippen LogP contribution in [0.4, 0.5) is 4.39 Å². The summed E-state index contributed by atoms with van der Waals surface area (Å²) in [7, 11) is 0. The van der Waals surface area contributed by atoms with Crippen molar-refractivity contribution < 1.29 is 14.2 Å². The Morgan fingerprint density at radius 2 is 1.91 bits per heavy atom. The van der Waals surface area contributed by atoms with E-state index in [1.54, 1.807) is 19.1 Å². The molecule has 23 heavy (non-hydrogen) atoms. The minimum Gasteiger partial charge on any atom is -0.489 e. The normalized spacial score (nSPS) is 11.7. The monoisotopic (exact) mass is 403 g/mol. The topological polar surface area (TPSA) is 41.5 Å². The van der Waals surface area contributed by atoms with Crippen molar-refractivity contribution in [3.05, 3.63) is 63.9 Å². The summed E-state index contributed by atoms with van der Waals surface area (Å²) < 4.78 is 19.7. The van der Waals surface area contributed by atoms with Crippen molar-refractivity contribution in [3.8, 4) is 5.75 Å². The second-order valence-corrected chi connectivity index (χ2v) is 6.06. The van der Waals surface area contributed by atoms with Gasteiger partial charge in [0.05, 0.1) is 6.10 Å². The molecule has 0 bridgehead atoms. The molecule has 0 amide bonds. The molecule has 0 spiro atoms. The molecule has 3 nitrogen and oxygen atoms in total. The van der Waals surface area contributed by atoms with Crippen LogP contribution >= 0.6 is 28.3 Å². The quantitative estimate of drug-likeness (QED) is 0.731. The van der Waals surface area contributed by atoms with Crippen LogP contribution in [0.15, 0.2) is 46.9 Å². The summed E-state index contributed by atoms with van der Waals surface area (Å²) in [6.07, 6.45) is -0.393. The molecule has 0 aromatic heterocycles. The van der Waals surface area contributed by atoms with Gasteiger partial charge in [0.15, 0.2) is 0 Å². The molecule has 2 N–H and O–H groups in total. The summed E-state index contributed by atoms with van der Waals surface area (Å²) >= 11 is 3.45. The maximum atomic E-state index is 12.9. The maximum absolute atomic E-state index is 12.9. The lowest BCUT2D eigenvalue weighted by Gasteiger charge is -2.13. The first-order valence-electron chi connectivity index (χ1n) is 7.09. The molecular weight excluding hydrogens is 385 g/mol. The SMILES string of the molecule is CC(O)CNCc1cc(Br)ccc1OCc1ccc(F)cc1.Cl. The summed E-state index contributed by atoms with van der Waals surface area (Å²) in [5.74, 6) is 0.515. The van der Waals surface area contributed by atoms with Crippen LogP contribution in [-0.2, 0) is 13.2 Å². The Balaban J connectivity index is 0.00000264. The van der Waals surface area contributed by atoms with Crippen LogP contribution in [0.3, 0.4) is 0 Å². The fourth-order valence-electron chi connectivity index (χ4n) is 1.98. The van der Waals surface area contributed by atoms with Crippen LogP contribution in [0.25, 0.3) is 0 Å². The minimum atomic E-state index is -0.393. The van der Waals surface area contributed by atoms with Gasteiger partial charge in [0.2, 0.25) is 0 Å². The molecule has 126 valence electrons. The molecule has 2 rings (SSSR count). The van der Waals surface area contributed by atoms with Gasteiger partial charge in [0.25, 0.3) is 0 Å². The summed E-state index contributed by atoms with van der Waals surface area (Å²) in [4.78, 5) is 0. The van der Waals surface area contributed by atoms with Crippen molar-refractivity contribution in [3.63, 3.8) is 0 Å². The fourth-order valence-corrected chi connectivity index (χ4v) is 2.39. The Morgan fingerprint density at radius 1 is 1.22 bits per heavy atom. The lowest BCUT2D eigenvalue weighted by molar-refractivity contribution is 0.190. The van der Waals surface area contributed by atoms with Gasteiger partial charge in [-0.3, -0.25) is 0 Å². The van der Waals surface area contributed by atoms with Gasteiger partial charge in [-0.05, 0) is 42.8 Å². The number of hydrogen-bond acceptors (Lipinski definition) is 3.